The maximum absolute atomic E-state index is 5.84. The van der Waals surface area contributed by atoms with Crippen molar-refractivity contribution in [3.05, 3.63) is 18.3 Å². The molecule has 0 aromatic carbocycles. The van der Waals surface area contributed by atoms with Gasteiger partial charge in [-0.2, -0.15) is 0 Å². The smallest absolute Gasteiger partial charge is 0.171 e. The van der Waals surface area contributed by atoms with Crippen LogP contribution in [-0.2, 0) is 0 Å². The molecule has 4 nitrogen and oxygen atoms in total. The Morgan fingerprint density at radius 1 is 1.29 bits per heavy atom. The zero-order chi connectivity index (χ0) is 15.1. The van der Waals surface area contributed by atoms with Crippen molar-refractivity contribution >= 4 is 5.82 Å². The second-order valence-corrected chi connectivity index (χ2v) is 5.85. The zero-order valence-corrected chi connectivity index (χ0v) is 13.6. The number of hydrogen-bond acceptors (Lipinski definition) is 4. The van der Waals surface area contributed by atoms with E-state index >= 15 is 0 Å². The van der Waals surface area contributed by atoms with Gasteiger partial charge >= 0.3 is 0 Å². The molecule has 1 aromatic heterocycles. The average Bonchev–Trinajstić information content (AvgIpc) is 2.53. The minimum absolute atomic E-state index is 0.568. The van der Waals surface area contributed by atoms with Gasteiger partial charge in [-0.05, 0) is 50.8 Å². The highest BCUT2D eigenvalue weighted by Gasteiger charge is 2.25. The Hall–Kier alpha value is -1.29. The van der Waals surface area contributed by atoms with Gasteiger partial charge in [-0.25, -0.2) is 4.98 Å². The van der Waals surface area contributed by atoms with E-state index < -0.39 is 0 Å². The Balaban J connectivity index is 1.98. The minimum Gasteiger partial charge on any atom is -0.490 e. The Labute approximate surface area is 128 Å². The molecule has 0 saturated heterocycles. The summed E-state index contributed by atoms with van der Waals surface area (Å²) in [5.41, 5.74) is 0. The molecule has 21 heavy (non-hydrogen) atoms. The molecule has 0 radical (unpaired) electrons. The third kappa shape index (κ3) is 4.34. The lowest BCUT2D eigenvalue weighted by Crippen LogP contribution is -2.41. The Bertz CT molecular complexity index is 416. The number of rotatable bonds is 7. The topological polar surface area (TPSA) is 37.4 Å². The van der Waals surface area contributed by atoms with Crippen molar-refractivity contribution in [3.8, 4) is 5.75 Å². The van der Waals surface area contributed by atoms with Gasteiger partial charge in [0.15, 0.2) is 11.6 Å². The third-order valence-corrected chi connectivity index (χ3v) is 4.28. The van der Waals surface area contributed by atoms with Crippen molar-refractivity contribution in [2.24, 2.45) is 0 Å². The van der Waals surface area contributed by atoms with Gasteiger partial charge in [0.05, 0.1) is 6.61 Å². The van der Waals surface area contributed by atoms with Crippen molar-refractivity contribution in [2.45, 2.75) is 58.0 Å². The van der Waals surface area contributed by atoms with Crippen LogP contribution in [0.4, 0.5) is 5.82 Å². The van der Waals surface area contributed by atoms with Crippen LogP contribution in [0.25, 0.3) is 0 Å². The number of anilines is 1. The van der Waals surface area contributed by atoms with Crippen LogP contribution in [0.1, 0.15) is 46.0 Å². The molecule has 0 aliphatic heterocycles. The molecule has 1 fully saturated rings. The summed E-state index contributed by atoms with van der Waals surface area (Å²) in [5, 5.41) is 3.56. The van der Waals surface area contributed by atoms with E-state index in [4.69, 9.17) is 4.74 Å². The molecule has 0 atom stereocenters. The molecule has 118 valence electrons. The molecule has 1 aliphatic carbocycles. The third-order valence-electron chi connectivity index (χ3n) is 4.28. The van der Waals surface area contributed by atoms with Crippen LogP contribution in [0.15, 0.2) is 18.3 Å². The summed E-state index contributed by atoms with van der Waals surface area (Å²) < 4.78 is 5.84. The summed E-state index contributed by atoms with van der Waals surface area (Å²) in [6.45, 7) is 6.13. The first-order valence-corrected chi connectivity index (χ1v) is 8.30. The van der Waals surface area contributed by atoms with E-state index in [1.807, 2.05) is 18.3 Å². The summed E-state index contributed by atoms with van der Waals surface area (Å²) in [6.07, 6.45) is 7.82. The average molecular weight is 291 g/mol. The number of pyridine rings is 1. The predicted octanol–water partition coefficient (Wildman–Crippen LogP) is 3.23. The van der Waals surface area contributed by atoms with E-state index in [0.29, 0.717) is 12.1 Å². The van der Waals surface area contributed by atoms with Gasteiger partial charge in [0.1, 0.15) is 0 Å². The molecule has 0 bridgehead atoms. The fourth-order valence-electron chi connectivity index (χ4n) is 3.10. The maximum atomic E-state index is 5.84. The number of aromatic nitrogens is 1. The lowest BCUT2D eigenvalue weighted by atomic mass is 9.90. The fourth-order valence-corrected chi connectivity index (χ4v) is 3.10. The van der Waals surface area contributed by atoms with Crippen LogP contribution in [0, 0.1) is 0 Å². The monoisotopic (exact) mass is 291 g/mol. The van der Waals surface area contributed by atoms with Crippen LogP contribution in [0.3, 0.4) is 0 Å². The molecule has 1 aromatic rings. The van der Waals surface area contributed by atoms with Gasteiger partial charge in [0.25, 0.3) is 0 Å². The van der Waals surface area contributed by atoms with Crippen LogP contribution >= 0.6 is 0 Å². The number of nitrogens with zero attached hydrogens (tertiary/aromatic N) is 2. The SMILES string of the molecule is CCCOc1cccnc1N(C)C1CCC(NCC)CC1. The summed E-state index contributed by atoms with van der Waals surface area (Å²) >= 11 is 0. The second kappa shape index (κ2) is 8.23. The molecule has 2 rings (SSSR count). The molecule has 1 N–H and O–H groups in total. The van der Waals surface area contributed by atoms with Crippen LogP contribution < -0.4 is 15.0 Å². The van der Waals surface area contributed by atoms with Crippen LogP contribution in [0.5, 0.6) is 5.75 Å². The van der Waals surface area contributed by atoms with Gasteiger partial charge in [0.2, 0.25) is 0 Å². The van der Waals surface area contributed by atoms with Gasteiger partial charge in [-0.15, -0.1) is 0 Å². The minimum atomic E-state index is 0.568. The molecule has 1 aliphatic rings. The lowest BCUT2D eigenvalue weighted by molar-refractivity contribution is 0.311. The molecular weight excluding hydrogens is 262 g/mol. The highest BCUT2D eigenvalue weighted by atomic mass is 16.5. The molecule has 0 unspecified atom stereocenters. The van der Waals surface area contributed by atoms with E-state index in [2.05, 4.69) is 36.1 Å². The highest BCUT2D eigenvalue weighted by molar-refractivity contribution is 5.52. The number of ether oxygens (including phenoxy) is 1. The highest BCUT2D eigenvalue weighted by Crippen LogP contribution is 2.30. The summed E-state index contributed by atoms with van der Waals surface area (Å²) in [7, 11) is 2.15. The normalized spacial score (nSPS) is 22.0. The summed E-state index contributed by atoms with van der Waals surface area (Å²) in [5.74, 6) is 1.90. The maximum Gasteiger partial charge on any atom is 0.171 e. The Kier molecular flexibility index (Phi) is 6.30. The van der Waals surface area contributed by atoms with Crippen molar-refractivity contribution in [1.29, 1.82) is 0 Å². The molecular formula is C17H29N3O. The molecule has 1 saturated carbocycles. The number of hydrogen-bond donors (Lipinski definition) is 1. The first kappa shape index (κ1) is 16.1. The lowest BCUT2D eigenvalue weighted by Gasteiger charge is -2.36. The Morgan fingerprint density at radius 3 is 2.71 bits per heavy atom. The van der Waals surface area contributed by atoms with Gasteiger partial charge in [-0.3, -0.25) is 0 Å². The van der Waals surface area contributed by atoms with Crippen molar-refractivity contribution in [1.82, 2.24) is 10.3 Å². The summed E-state index contributed by atoms with van der Waals surface area (Å²) in [6, 6.07) is 5.24. The molecule has 0 amide bonds. The zero-order valence-electron chi connectivity index (χ0n) is 13.6. The van der Waals surface area contributed by atoms with E-state index in [0.717, 1.165) is 31.1 Å². The standard InChI is InChI=1S/C17H29N3O/c1-4-13-21-16-7-6-12-19-17(16)20(3)15-10-8-14(9-11-15)18-5-2/h6-7,12,14-15,18H,4-5,8-11,13H2,1-3H3. The quantitative estimate of drug-likeness (QED) is 0.837. The second-order valence-electron chi connectivity index (χ2n) is 5.85. The molecule has 4 heteroatoms. The predicted molar refractivity (Wildman–Crippen MR) is 88.1 cm³/mol. The Morgan fingerprint density at radius 2 is 2.05 bits per heavy atom. The first-order valence-electron chi connectivity index (χ1n) is 8.30. The van der Waals surface area contributed by atoms with E-state index in [1.165, 1.54) is 25.7 Å². The van der Waals surface area contributed by atoms with Crippen LogP contribution in [0.2, 0.25) is 0 Å². The van der Waals surface area contributed by atoms with Crippen molar-refractivity contribution in [3.63, 3.8) is 0 Å². The van der Waals surface area contributed by atoms with Gasteiger partial charge in [-0.1, -0.05) is 13.8 Å². The first-order chi connectivity index (χ1) is 10.3. The van der Waals surface area contributed by atoms with E-state index in [-0.39, 0.29) is 0 Å². The van der Waals surface area contributed by atoms with Gasteiger partial charge < -0.3 is 15.0 Å². The van der Waals surface area contributed by atoms with E-state index in [1.54, 1.807) is 0 Å². The fraction of sp³-hybridized carbons (Fsp3) is 0.706. The number of nitrogens with one attached hydrogen (secondary N) is 1. The summed E-state index contributed by atoms with van der Waals surface area (Å²) in [4.78, 5) is 6.86. The van der Waals surface area contributed by atoms with Crippen molar-refractivity contribution < 1.29 is 4.74 Å². The molecule has 1 heterocycles. The molecule has 0 spiro atoms. The largest absolute Gasteiger partial charge is 0.490 e. The van der Waals surface area contributed by atoms with E-state index in [9.17, 15) is 0 Å². The van der Waals surface area contributed by atoms with Crippen molar-refractivity contribution in [2.75, 3.05) is 25.1 Å². The van der Waals surface area contributed by atoms with Crippen LogP contribution in [-0.4, -0.2) is 37.3 Å². The van der Waals surface area contributed by atoms with Gasteiger partial charge in [0, 0.05) is 25.3 Å².